The summed E-state index contributed by atoms with van der Waals surface area (Å²) >= 11 is 4.65. The van der Waals surface area contributed by atoms with Crippen molar-refractivity contribution < 1.29 is 4.79 Å². The van der Waals surface area contributed by atoms with Crippen LogP contribution in [0, 0.1) is 0 Å². The van der Waals surface area contributed by atoms with Crippen molar-refractivity contribution in [2.45, 2.75) is 51.2 Å². The van der Waals surface area contributed by atoms with E-state index in [1.165, 1.54) is 0 Å². The van der Waals surface area contributed by atoms with Crippen molar-refractivity contribution in [3.05, 3.63) is 71.8 Å². The van der Waals surface area contributed by atoms with Gasteiger partial charge < -0.3 is 10.6 Å². The standard InChI is InChI=1S/C23H33N3OS3/c1-18(2)25-21(15-9-10-16-24-30(28)17-29-30)23(27)26-22(19-11-5-3-6-12-19)20-13-7-4-8-14-20/h3-8,11-14,18,21-22,24-25,28H,9-10,15-17H2,1-2H3,(H,26,27). The van der Waals surface area contributed by atoms with E-state index < -0.39 is 8.28 Å². The van der Waals surface area contributed by atoms with Crippen LogP contribution < -0.4 is 15.4 Å². The second kappa shape index (κ2) is 11.5. The average molecular weight is 464 g/mol. The number of hydrogen-bond acceptors (Lipinski definition) is 5. The van der Waals surface area contributed by atoms with Gasteiger partial charge in [0.25, 0.3) is 0 Å². The third-order valence-corrected chi connectivity index (χ3v) is 11.0. The number of unbranched alkanes of at least 4 members (excludes halogenated alkanes) is 1. The molecule has 2 aromatic rings. The predicted octanol–water partition coefficient (Wildman–Crippen LogP) is 5.20. The van der Waals surface area contributed by atoms with Crippen molar-refractivity contribution in [3.63, 3.8) is 0 Å². The molecular formula is C23H33N3OS3. The molecule has 1 heterocycles. The Morgan fingerprint density at radius 1 is 1.03 bits per heavy atom. The lowest BCUT2D eigenvalue weighted by atomic mass is 9.97. The van der Waals surface area contributed by atoms with E-state index in [2.05, 4.69) is 65.1 Å². The SMILES string of the molecule is CC(C)NC(CCCCNS1(S)CS1)C(=O)NC(c1ccccc1)c1ccccc1. The highest BCUT2D eigenvalue weighted by Gasteiger charge is 2.33. The molecule has 0 saturated carbocycles. The summed E-state index contributed by atoms with van der Waals surface area (Å²) in [7, 11) is 1.09. The van der Waals surface area contributed by atoms with Crippen molar-refractivity contribution in [1.82, 2.24) is 15.4 Å². The van der Waals surface area contributed by atoms with E-state index >= 15 is 0 Å². The number of benzene rings is 2. The highest BCUT2D eigenvalue weighted by molar-refractivity contribution is 9.31. The van der Waals surface area contributed by atoms with Crippen LogP contribution in [0.3, 0.4) is 0 Å². The monoisotopic (exact) mass is 463 g/mol. The average Bonchev–Trinajstić information content (AvgIpc) is 3.49. The topological polar surface area (TPSA) is 53.2 Å². The largest absolute Gasteiger partial charge is 0.344 e. The van der Waals surface area contributed by atoms with Gasteiger partial charge in [-0.05, 0) is 24.0 Å². The second-order valence-electron chi connectivity index (χ2n) is 7.90. The van der Waals surface area contributed by atoms with Gasteiger partial charge in [0.2, 0.25) is 5.91 Å². The molecule has 1 fully saturated rings. The number of carbonyl (C=O) groups excluding carboxylic acids is 1. The van der Waals surface area contributed by atoms with Crippen molar-refractivity contribution >= 4 is 36.6 Å². The summed E-state index contributed by atoms with van der Waals surface area (Å²) in [5, 5.41) is 7.91. The molecule has 7 heteroatoms. The zero-order valence-electron chi connectivity index (χ0n) is 17.7. The normalized spacial score (nSPS) is 21.2. The summed E-state index contributed by atoms with van der Waals surface area (Å²) in [5.41, 5.74) is 2.18. The zero-order chi connectivity index (χ0) is 21.4. The molecule has 3 N–H and O–H groups in total. The summed E-state index contributed by atoms with van der Waals surface area (Å²) in [4.78, 5) is 13.3. The number of nitrogens with one attached hydrogen (secondary N) is 3. The number of amides is 1. The Hall–Kier alpha value is -1.12. The summed E-state index contributed by atoms with van der Waals surface area (Å²) in [6, 6.07) is 20.2. The highest BCUT2D eigenvalue weighted by atomic mass is 33.6. The lowest BCUT2D eigenvalue weighted by Gasteiger charge is -2.26. The molecule has 2 atom stereocenters. The van der Waals surface area contributed by atoms with Gasteiger partial charge in [-0.1, -0.05) is 100 Å². The third kappa shape index (κ3) is 7.54. The maximum Gasteiger partial charge on any atom is 0.237 e. The Kier molecular flexibility index (Phi) is 9.01. The minimum absolute atomic E-state index is 0.0587. The molecule has 2 unspecified atom stereocenters. The number of carbonyl (C=O) groups is 1. The highest BCUT2D eigenvalue weighted by Crippen LogP contribution is 2.78. The van der Waals surface area contributed by atoms with E-state index in [1.54, 1.807) is 0 Å². The van der Waals surface area contributed by atoms with Gasteiger partial charge >= 0.3 is 0 Å². The first kappa shape index (κ1) is 23.5. The van der Waals surface area contributed by atoms with Gasteiger partial charge in [0, 0.05) is 12.6 Å². The molecule has 0 bridgehead atoms. The van der Waals surface area contributed by atoms with Crippen molar-refractivity contribution in [1.29, 1.82) is 0 Å². The maximum absolute atomic E-state index is 13.3. The molecule has 3 rings (SSSR count). The quantitative estimate of drug-likeness (QED) is 0.151. The summed E-state index contributed by atoms with van der Waals surface area (Å²) < 4.78 is 3.54. The molecule has 0 aromatic heterocycles. The van der Waals surface area contributed by atoms with E-state index in [9.17, 15) is 4.79 Å². The van der Waals surface area contributed by atoms with E-state index in [4.69, 9.17) is 0 Å². The van der Waals surface area contributed by atoms with Gasteiger partial charge in [-0.2, -0.15) is 0 Å². The van der Waals surface area contributed by atoms with Gasteiger partial charge in [0.1, 0.15) is 0 Å². The van der Waals surface area contributed by atoms with Gasteiger partial charge in [0.15, 0.2) is 0 Å². The zero-order valence-corrected chi connectivity index (χ0v) is 20.2. The van der Waals surface area contributed by atoms with Crippen molar-refractivity contribution in [2.24, 2.45) is 0 Å². The van der Waals surface area contributed by atoms with Crippen LogP contribution in [0.15, 0.2) is 60.7 Å². The fourth-order valence-corrected chi connectivity index (χ4v) is 7.42. The molecule has 1 saturated heterocycles. The molecule has 30 heavy (non-hydrogen) atoms. The summed E-state index contributed by atoms with van der Waals surface area (Å²) in [6.07, 6.45) is 2.88. The number of hydrogen-bond donors (Lipinski definition) is 4. The Balaban J connectivity index is 1.62. The van der Waals surface area contributed by atoms with Crippen LogP contribution in [0.2, 0.25) is 0 Å². The van der Waals surface area contributed by atoms with Gasteiger partial charge in [-0.3, -0.25) is 9.52 Å². The summed E-state index contributed by atoms with van der Waals surface area (Å²) in [5.74, 6) is 0.0587. The minimum Gasteiger partial charge on any atom is -0.344 e. The fourth-order valence-electron chi connectivity index (χ4n) is 3.42. The van der Waals surface area contributed by atoms with Crippen molar-refractivity contribution in [3.8, 4) is 0 Å². The molecule has 4 nitrogen and oxygen atoms in total. The van der Waals surface area contributed by atoms with E-state index in [-0.39, 0.29) is 24.0 Å². The number of thiol groups is 1. The molecular weight excluding hydrogens is 430 g/mol. The van der Waals surface area contributed by atoms with Gasteiger partial charge in [-0.25, -0.2) is 0 Å². The third-order valence-electron chi connectivity index (χ3n) is 4.99. The van der Waals surface area contributed by atoms with Crippen LogP contribution in [0.1, 0.15) is 50.3 Å². The predicted molar refractivity (Wildman–Crippen MR) is 136 cm³/mol. The van der Waals surface area contributed by atoms with Crippen LogP contribution >= 0.6 is 30.7 Å². The molecule has 1 amide bonds. The first-order valence-electron chi connectivity index (χ1n) is 10.6. The van der Waals surface area contributed by atoms with Crippen LogP contribution in [0.5, 0.6) is 0 Å². The van der Waals surface area contributed by atoms with E-state index in [0.29, 0.717) is 0 Å². The van der Waals surface area contributed by atoms with Crippen molar-refractivity contribution in [2.75, 3.05) is 11.6 Å². The molecule has 1 aliphatic rings. The maximum atomic E-state index is 13.3. The molecule has 164 valence electrons. The van der Waals surface area contributed by atoms with E-state index in [0.717, 1.165) is 42.0 Å². The second-order valence-corrected chi connectivity index (χ2v) is 15.7. The van der Waals surface area contributed by atoms with E-state index in [1.807, 2.05) is 47.2 Å². The number of rotatable bonds is 12. The lowest BCUT2D eigenvalue weighted by molar-refractivity contribution is -0.124. The Labute approximate surface area is 191 Å². The Bertz CT molecular complexity index is 745. The molecule has 1 aliphatic heterocycles. The first-order chi connectivity index (χ1) is 14.5. The van der Waals surface area contributed by atoms with Crippen LogP contribution in [0.4, 0.5) is 0 Å². The van der Waals surface area contributed by atoms with Crippen LogP contribution in [-0.2, 0) is 4.79 Å². The Morgan fingerprint density at radius 3 is 2.10 bits per heavy atom. The van der Waals surface area contributed by atoms with Gasteiger partial charge in [-0.15, -0.1) is 11.7 Å². The molecule has 0 spiro atoms. The van der Waals surface area contributed by atoms with Gasteiger partial charge in [0.05, 0.1) is 17.2 Å². The first-order valence-corrected chi connectivity index (χ1v) is 14.9. The lowest BCUT2D eigenvalue weighted by Crippen LogP contribution is -2.48. The minimum atomic E-state index is -0.821. The van der Waals surface area contributed by atoms with Crippen LogP contribution in [-0.4, -0.2) is 29.6 Å². The molecule has 0 aliphatic carbocycles. The molecule has 2 aromatic carbocycles. The van der Waals surface area contributed by atoms with Crippen LogP contribution in [0.25, 0.3) is 0 Å². The molecule has 0 radical (unpaired) electrons. The fraction of sp³-hybridized carbons (Fsp3) is 0.435. The summed E-state index contributed by atoms with van der Waals surface area (Å²) in [6.45, 7) is 5.15. The Morgan fingerprint density at radius 2 is 1.60 bits per heavy atom. The smallest absolute Gasteiger partial charge is 0.237 e.